The molecule has 0 spiro atoms. The Kier molecular flexibility index (Phi) is 8.07. The summed E-state index contributed by atoms with van der Waals surface area (Å²) in [7, 11) is 0. The third kappa shape index (κ3) is 5.82. The third-order valence-electron chi connectivity index (χ3n) is 4.72. The molecule has 2 N–H and O–H groups in total. The zero-order valence-electron chi connectivity index (χ0n) is 17.8. The van der Waals surface area contributed by atoms with Crippen molar-refractivity contribution >= 4 is 28.6 Å². The molecule has 0 aliphatic carbocycles. The first-order valence-electron chi connectivity index (χ1n) is 9.98. The number of benzene rings is 1. The number of aromatic nitrogens is 2. The van der Waals surface area contributed by atoms with Gasteiger partial charge in [0.25, 0.3) is 5.56 Å². The number of quaternary nitrogens is 1. The molecule has 0 saturated carbocycles. The average Bonchev–Trinajstić information content (AvgIpc) is 2.61. The monoisotopic (exact) mass is 405 g/mol. The molecule has 2 rings (SSSR count). The number of hydrogen-bond donors (Lipinski definition) is 2. The molecule has 0 saturated heterocycles. The first-order chi connectivity index (χ1) is 13.2. The van der Waals surface area contributed by atoms with Gasteiger partial charge in [-0.1, -0.05) is 23.9 Å². The van der Waals surface area contributed by atoms with Crippen molar-refractivity contribution in [2.75, 3.05) is 12.3 Å². The van der Waals surface area contributed by atoms with E-state index in [1.54, 1.807) is 4.57 Å². The van der Waals surface area contributed by atoms with E-state index >= 15 is 0 Å². The van der Waals surface area contributed by atoms with E-state index in [9.17, 15) is 9.59 Å². The number of hydrogen-bond acceptors (Lipinski definition) is 4. The molecule has 0 aliphatic heterocycles. The van der Waals surface area contributed by atoms with Crippen molar-refractivity contribution in [2.45, 2.75) is 71.4 Å². The second-order valence-electron chi connectivity index (χ2n) is 8.01. The Bertz CT molecular complexity index is 853. The minimum Gasteiger partial charge on any atom is -0.353 e. The van der Waals surface area contributed by atoms with Crippen LogP contribution < -0.4 is 15.8 Å². The van der Waals surface area contributed by atoms with E-state index in [1.807, 2.05) is 38.1 Å². The fourth-order valence-electron chi connectivity index (χ4n) is 3.43. The number of fused-ring (bicyclic) bond motifs is 1. The molecule has 1 amide bonds. The van der Waals surface area contributed by atoms with Gasteiger partial charge in [0.1, 0.15) is 0 Å². The predicted molar refractivity (Wildman–Crippen MR) is 116 cm³/mol. The highest BCUT2D eigenvalue weighted by atomic mass is 32.2. The van der Waals surface area contributed by atoms with Crippen molar-refractivity contribution in [3.05, 3.63) is 34.6 Å². The van der Waals surface area contributed by atoms with Crippen LogP contribution in [0.2, 0.25) is 0 Å². The second-order valence-corrected chi connectivity index (χ2v) is 8.96. The Labute approximate surface area is 171 Å². The molecule has 1 heterocycles. The van der Waals surface area contributed by atoms with Crippen molar-refractivity contribution in [1.82, 2.24) is 14.9 Å². The van der Waals surface area contributed by atoms with Crippen molar-refractivity contribution in [3.8, 4) is 0 Å². The van der Waals surface area contributed by atoms with Crippen LogP contribution in [0.4, 0.5) is 0 Å². The Morgan fingerprint density at radius 1 is 1.14 bits per heavy atom. The van der Waals surface area contributed by atoms with Gasteiger partial charge < -0.3 is 10.2 Å². The van der Waals surface area contributed by atoms with Gasteiger partial charge in [-0.25, -0.2) is 4.98 Å². The van der Waals surface area contributed by atoms with Crippen molar-refractivity contribution < 1.29 is 9.69 Å². The number of amides is 1. The Balaban J connectivity index is 2.33. The molecule has 6 nitrogen and oxygen atoms in total. The zero-order chi connectivity index (χ0) is 20.8. The summed E-state index contributed by atoms with van der Waals surface area (Å²) in [6.07, 6.45) is 0. The topological polar surface area (TPSA) is 68.4 Å². The molecule has 0 unspecified atom stereocenters. The van der Waals surface area contributed by atoms with Gasteiger partial charge in [-0.15, -0.1) is 0 Å². The molecular formula is C21H33N4O2S+. The molecule has 0 atom stereocenters. The van der Waals surface area contributed by atoms with Gasteiger partial charge in [0.15, 0.2) is 5.16 Å². The summed E-state index contributed by atoms with van der Waals surface area (Å²) in [5, 5.41) is 4.11. The summed E-state index contributed by atoms with van der Waals surface area (Å²) >= 11 is 1.33. The maximum atomic E-state index is 13.1. The summed E-state index contributed by atoms with van der Waals surface area (Å²) in [6, 6.07) is 8.43. The maximum Gasteiger partial charge on any atom is 0.262 e. The van der Waals surface area contributed by atoms with Crippen LogP contribution in [0.1, 0.15) is 41.5 Å². The van der Waals surface area contributed by atoms with Gasteiger partial charge in [0, 0.05) is 6.04 Å². The first-order valence-corrected chi connectivity index (χ1v) is 11.0. The van der Waals surface area contributed by atoms with Gasteiger partial charge in [-0.05, 0) is 53.7 Å². The quantitative estimate of drug-likeness (QED) is 0.492. The Morgan fingerprint density at radius 2 is 1.79 bits per heavy atom. The number of carbonyl (C=O) groups is 1. The number of nitrogens with one attached hydrogen (secondary N) is 2. The fraction of sp³-hybridized carbons (Fsp3) is 0.571. The SMILES string of the molecule is CC(C)NC(=O)CSc1nc2ccccc2c(=O)n1CC[NH+](C(C)C)C(C)C. The Hall–Kier alpha value is -1.86. The number of nitrogens with zero attached hydrogens (tertiary/aromatic N) is 2. The maximum absolute atomic E-state index is 13.1. The molecule has 0 fully saturated rings. The minimum absolute atomic E-state index is 0.0378. The summed E-state index contributed by atoms with van der Waals surface area (Å²) < 4.78 is 1.74. The first kappa shape index (κ1) is 22.4. The molecule has 7 heteroatoms. The lowest BCUT2D eigenvalue weighted by molar-refractivity contribution is -0.942. The summed E-state index contributed by atoms with van der Waals surface area (Å²) in [5.41, 5.74) is 0.636. The largest absolute Gasteiger partial charge is 0.353 e. The van der Waals surface area contributed by atoms with E-state index < -0.39 is 0 Å². The summed E-state index contributed by atoms with van der Waals surface area (Å²) in [5.74, 6) is 0.194. The van der Waals surface area contributed by atoms with Crippen LogP contribution >= 0.6 is 11.8 Å². The van der Waals surface area contributed by atoms with Gasteiger partial charge in [0.2, 0.25) is 5.91 Å². The van der Waals surface area contributed by atoms with Crippen molar-refractivity contribution in [1.29, 1.82) is 0 Å². The van der Waals surface area contributed by atoms with Crippen molar-refractivity contribution in [2.24, 2.45) is 0 Å². The smallest absolute Gasteiger partial charge is 0.262 e. The lowest BCUT2D eigenvalue weighted by Crippen LogP contribution is -3.18. The molecular weight excluding hydrogens is 372 g/mol. The number of thioether (sulfide) groups is 1. The van der Waals surface area contributed by atoms with Gasteiger partial charge in [-0.3, -0.25) is 14.2 Å². The highest BCUT2D eigenvalue weighted by Gasteiger charge is 2.19. The fourth-order valence-corrected chi connectivity index (χ4v) is 4.27. The van der Waals surface area contributed by atoms with E-state index in [1.165, 1.54) is 16.7 Å². The van der Waals surface area contributed by atoms with Crippen LogP contribution in [-0.4, -0.2) is 45.9 Å². The normalized spacial score (nSPS) is 11.9. The highest BCUT2D eigenvalue weighted by Crippen LogP contribution is 2.17. The number of carbonyl (C=O) groups excluding carboxylic acids is 1. The van der Waals surface area contributed by atoms with Crippen LogP contribution in [0, 0.1) is 0 Å². The highest BCUT2D eigenvalue weighted by molar-refractivity contribution is 7.99. The number of rotatable bonds is 9. The second kappa shape index (κ2) is 10.1. The molecule has 1 aromatic heterocycles. The summed E-state index contributed by atoms with van der Waals surface area (Å²) in [4.78, 5) is 31.3. The van der Waals surface area contributed by atoms with E-state index in [0.29, 0.717) is 34.7 Å². The van der Waals surface area contributed by atoms with Gasteiger partial charge in [0.05, 0.1) is 41.8 Å². The van der Waals surface area contributed by atoms with Gasteiger partial charge in [-0.2, -0.15) is 0 Å². The minimum atomic E-state index is -0.0504. The van der Waals surface area contributed by atoms with E-state index in [-0.39, 0.29) is 23.3 Å². The molecule has 1 aromatic carbocycles. The van der Waals surface area contributed by atoms with Crippen molar-refractivity contribution in [3.63, 3.8) is 0 Å². The standard InChI is InChI=1S/C21H32N4O2S/c1-14(2)22-19(26)13-28-21-23-18-10-8-7-9-17(18)20(27)25(21)12-11-24(15(3)4)16(5)6/h7-10,14-16H,11-13H2,1-6H3,(H,22,26)/p+1. The van der Waals surface area contributed by atoms with Crippen LogP contribution in [0.15, 0.2) is 34.2 Å². The Morgan fingerprint density at radius 3 is 2.39 bits per heavy atom. The predicted octanol–water partition coefficient (Wildman–Crippen LogP) is 1.71. The molecule has 154 valence electrons. The third-order valence-corrected chi connectivity index (χ3v) is 5.69. The van der Waals surface area contributed by atoms with E-state index in [0.717, 1.165) is 6.54 Å². The average molecular weight is 406 g/mol. The van der Waals surface area contributed by atoms with E-state index in [2.05, 4.69) is 33.0 Å². The van der Waals surface area contributed by atoms with Crippen LogP contribution in [-0.2, 0) is 11.3 Å². The lowest BCUT2D eigenvalue weighted by Gasteiger charge is -2.28. The molecule has 2 aromatic rings. The van der Waals surface area contributed by atoms with Crippen LogP contribution in [0.25, 0.3) is 10.9 Å². The lowest BCUT2D eigenvalue weighted by atomic mass is 10.2. The van der Waals surface area contributed by atoms with Crippen LogP contribution in [0.5, 0.6) is 0 Å². The van der Waals surface area contributed by atoms with E-state index in [4.69, 9.17) is 4.98 Å². The zero-order valence-corrected chi connectivity index (χ0v) is 18.6. The number of para-hydroxylation sites is 1. The van der Waals surface area contributed by atoms with Crippen LogP contribution in [0.3, 0.4) is 0 Å². The molecule has 28 heavy (non-hydrogen) atoms. The molecule has 0 aliphatic rings. The van der Waals surface area contributed by atoms with Gasteiger partial charge >= 0.3 is 0 Å². The molecule has 0 bridgehead atoms. The summed E-state index contributed by atoms with van der Waals surface area (Å²) in [6.45, 7) is 14.1. The molecule has 0 radical (unpaired) electrons.